The Morgan fingerprint density at radius 1 is 1.00 bits per heavy atom. The Hall–Kier alpha value is -2.24. The summed E-state index contributed by atoms with van der Waals surface area (Å²) in [5, 5.41) is 7.29. The highest BCUT2D eigenvalue weighted by atomic mass is 35.5. The minimum atomic E-state index is 0.550. The lowest BCUT2D eigenvalue weighted by molar-refractivity contribution is 0.146. The van der Waals surface area contributed by atoms with Gasteiger partial charge in [-0.25, -0.2) is 0 Å². The second-order valence-electron chi connectivity index (χ2n) is 5.39. The van der Waals surface area contributed by atoms with Gasteiger partial charge in [-0.2, -0.15) is 0 Å². The SMILES string of the molecule is CN=C(NCc1ccc(OCCOC)cc1)NCc1cccc(Cl)c1. The molecule has 0 amide bonds. The summed E-state index contributed by atoms with van der Waals surface area (Å²) in [7, 11) is 3.41. The summed E-state index contributed by atoms with van der Waals surface area (Å²) in [5.74, 6) is 1.57. The molecule has 5 nitrogen and oxygen atoms in total. The van der Waals surface area contributed by atoms with Crippen molar-refractivity contribution >= 4 is 17.6 Å². The van der Waals surface area contributed by atoms with Gasteiger partial charge in [0.2, 0.25) is 0 Å². The molecule has 0 atom stereocenters. The smallest absolute Gasteiger partial charge is 0.191 e. The number of hydrogen-bond donors (Lipinski definition) is 2. The Kier molecular flexibility index (Phi) is 8.09. The van der Waals surface area contributed by atoms with Crippen LogP contribution in [0.15, 0.2) is 53.5 Å². The molecule has 0 aliphatic heterocycles. The van der Waals surface area contributed by atoms with Crippen LogP contribution in [0, 0.1) is 0 Å². The molecular weight excluding hydrogens is 338 g/mol. The highest BCUT2D eigenvalue weighted by molar-refractivity contribution is 6.30. The van der Waals surface area contributed by atoms with E-state index in [4.69, 9.17) is 21.1 Å². The molecule has 2 aromatic rings. The number of ether oxygens (including phenoxy) is 2. The third-order valence-corrected chi connectivity index (χ3v) is 3.75. The van der Waals surface area contributed by atoms with Crippen LogP contribution in [0.4, 0.5) is 0 Å². The van der Waals surface area contributed by atoms with Crippen molar-refractivity contribution in [1.29, 1.82) is 0 Å². The largest absolute Gasteiger partial charge is 0.491 e. The van der Waals surface area contributed by atoms with E-state index in [0.29, 0.717) is 26.3 Å². The van der Waals surface area contributed by atoms with Crippen molar-refractivity contribution in [3.8, 4) is 5.75 Å². The van der Waals surface area contributed by atoms with E-state index in [1.807, 2.05) is 48.5 Å². The average molecular weight is 362 g/mol. The van der Waals surface area contributed by atoms with Crippen LogP contribution >= 0.6 is 11.6 Å². The minimum absolute atomic E-state index is 0.550. The Morgan fingerprint density at radius 2 is 1.72 bits per heavy atom. The second-order valence-corrected chi connectivity index (χ2v) is 5.83. The Labute approximate surface area is 154 Å². The fourth-order valence-corrected chi connectivity index (χ4v) is 2.40. The monoisotopic (exact) mass is 361 g/mol. The van der Waals surface area contributed by atoms with Crippen LogP contribution in [0.1, 0.15) is 11.1 Å². The summed E-state index contributed by atoms with van der Waals surface area (Å²) in [6.45, 7) is 2.46. The number of benzene rings is 2. The van der Waals surface area contributed by atoms with Gasteiger partial charge in [0.05, 0.1) is 6.61 Å². The molecule has 0 spiro atoms. The molecule has 6 heteroatoms. The molecule has 0 radical (unpaired) electrons. The first-order valence-electron chi connectivity index (χ1n) is 8.11. The molecule has 2 rings (SSSR count). The van der Waals surface area contributed by atoms with E-state index in [9.17, 15) is 0 Å². The number of aliphatic imine (C=N–C) groups is 1. The summed E-state index contributed by atoms with van der Waals surface area (Å²) in [6, 6.07) is 15.7. The number of guanidine groups is 1. The summed E-state index contributed by atoms with van der Waals surface area (Å²) >= 11 is 6.00. The van der Waals surface area contributed by atoms with Crippen LogP contribution in [0.2, 0.25) is 5.02 Å². The van der Waals surface area contributed by atoms with Crippen molar-refractivity contribution in [1.82, 2.24) is 10.6 Å². The van der Waals surface area contributed by atoms with Gasteiger partial charge >= 0.3 is 0 Å². The van der Waals surface area contributed by atoms with Crippen molar-refractivity contribution in [3.05, 3.63) is 64.7 Å². The first-order valence-corrected chi connectivity index (χ1v) is 8.48. The zero-order valence-corrected chi connectivity index (χ0v) is 15.3. The van der Waals surface area contributed by atoms with Gasteiger partial charge in [0.1, 0.15) is 12.4 Å². The van der Waals surface area contributed by atoms with E-state index in [-0.39, 0.29) is 0 Å². The first-order chi connectivity index (χ1) is 12.2. The zero-order chi connectivity index (χ0) is 17.9. The van der Waals surface area contributed by atoms with Gasteiger partial charge in [0.25, 0.3) is 0 Å². The minimum Gasteiger partial charge on any atom is -0.491 e. The van der Waals surface area contributed by atoms with E-state index >= 15 is 0 Å². The van der Waals surface area contributed by atoms with Gasteiger partial charge in [-0.3, -0.25) is 4.99 Å². The normalized spacial score (nSPS) is 11.2. The van der Waals surface area contributed by atoms with Gasteiger partial charge in [-0.05, 0) is 35.4 Å². The zero-order valence-electron chi connectivity index (χ0n) is 14.6. The van der Waals surface area contributed by atoms with Crippen molar-refractivity contribution in [2.45, 2.75) is 13.1 Å². The predicted molar refractivity (Wildman–Crippen MR) is 102 cm³/mol. The predicted octanol–water partition coefficient (Wildman–Crippen LogP) is 3.23. The van der Waals surface area contributed by atoms with Gasteiger partial charge in [0, 0.05) is 32.3 Å². The lowest BCUT2D eigenvalue weighted by Crippen LogP contribution is -2.36. The maximum absolute atomic E-state index is 6.00. The molecule has 0 saturated carbocycles. The Balaban J connectivity index is 1.78. The van der Waals surface area contributed by atoms with Crippen molar-refractivity contribution in [3.63, 3.8) is 0 Å². The summed E-state index contributed by atoms with van der Waals surface area (Å²) in [4.78, 5) is 4.23. The van der Waals surface area contributed by atoms with Crippen LogP contribution in [-0.2, 0) is 17.8 Å². The molecule has 0 saturated heterocycles. The standard InChI is InChI=1S/C19H24ClN3O2/c1-21-19(23-14-16-4-3-5-17(20)12-16)22-13-15-6-8-18(9-7-15)25-11-10-24-2/h3-9,12H,10-11,13-14H2,1-2H3,(H2,21,22,23). The lowest BCUT2D eigenvalue weighted by atomic mass is 10.2. The van der Waals surface area contributed by atoms with Crippen molar-refractivity contribution < 1.29 is 9.47 Å². The maximum Gasteiger partial charge on any atom is 0.191 e. The molecule has 2 aromatic carbocycles. The quantitative estimate of drug-likeness (QED) is 0.430. The average Bonchev–Trinajstić information content (AvgIpc) is 2.63. The van der Waals surface area contributed by atoms with Gasteiger partial charge < -0.3 is 20.1 Å². The first kappa shape index (κ1) is 19.1. The Bertz CT molecular complexity index is 675. The lowest BCUT2D eigenvalue weighted by Gasteiger charge is -2.12. The summed E-state index contributed by atoms with van der Waals surface area (Å²) in [5.41, 5.74) is 2.25. The van der Waals surface area contributed by atoms with Crippen molar-refractivity contribution in [2.75, 3.05) is 27.4 Å². The molecular formula is C19H24ClN3O2. The Morgan fingerprint density at radius 3 is 2.36 bits per heavy atom. The number of hydrogen-bond acceptors (Lipinski definition) is 3. The third-order valence-electron chi connectivity index (χ3n) is 3.51. The number of nitrogens with one attached hydrogen (secondary N) is 2. The van der Waals surface area contributed by atoms with Crippen LogP contribution in [-0.4, -0.2) is 33.3 Å². The molecule has 25 heavy (non-hydrogen) atoms. The fraction of sp³-hybridized carbons (Fsp3) is 0.316. The van der Waals surface area contributed by atoms with Crippen LogP contribution in [0.3, 0.4) is 0 Å². The number of methoxy groups -OCH3 is 1. The second kappa shape index (κ2) is 10.6. The van der Waals surface area contributed by atoms with Crippen LogP contribution in [0.25, 0.3) is 0 Å². The highest BCUT2D eigenvalue weighted by Gasteiger charge is 2.01. The van der Waals surface area contributed by atoms with Crippen molar-refractivity contribution in [2.24, 2.45) is 4.99 Å². The maximum atomic E-state index is 6.00. The highest BCUT2D eigenvalue weighted by Crippen LogP contribution is 2.12. The number of rotatable bonds is 8. The molecule has 0 bridgehead atoms. The molecule has 0 unspecified atom stereocenters. The fourth-order valence-electron chi connectivity index (χ4n) is 2.19. The van der Waals surface area contributed by atoms with Crippen LogP contribution < -0.4 is 15.4 Å². The molecule has 0 aromatic heterocycles. The van der Waals surface area contributed by atoms with E-state index in [2.05, 4.69) is 15.6 Å². The summed E-state index contributed by atoms with van der Waals surface area (Å²) < 4.78 is 10.5. The topological polar surface area (TPSA) is 54.9 Å². The van der Waals surface area contributed by atoms with E-state index in [1.165, 1.54) is 0 Å². The number of nitrogens with zero attached hydrogens (tertiary/aromatic N) is 1. The molecule has 0 fully saturated rings. The van der Waals surface area contributed by atoms with Gasteiger partial charge in [-0.15, -0.1) is 0 Å². The van der Waals surface area contributed by atoms with Crippen LogP contribution in [0.5, 0.6) is 5.75 Å². The van der Waals surface area contributed by atoms with Gasteiger partial charge in [-0.1, -0.05) is 35.9 Å². The molecule has 0 aliphatic carbocycles. The van der Waals surface area contributed by atoms with E-state index in [0.717, 1.165) is 27.9 Å². The number of halogens is 1. The molecule has 134 valence electrons. The molecule has 2 N–H and O–H groups in total. The summed E-state index contributed by atoms with van der Waals surface area (Å²) in [6.07, 6.45) is 0. The molecule has 0 heterocycles. The van der Waals surface area contributed by atoms with E-state index < -0.39 is 0 Å². The molecule has 0 aliphatic rings. The van der Waals surface area contributed by atoms with Gasteiger partial charge in [0.15, 0.2) is 5.96 Å². The third kappa shape index (κ3) is 7.03. The van der Waals surface area contributed by atoms with E-state index in [1.54, 1.807) is 14.2 Å².